The van der Waals surface area contributed by atoms with Crippen molar-refractivity contribution in [3.63, 3.8) is 0 Å². The summed E-state index contributed by atoms with van der Waals surface area (Å²) in [4.78, 5) is 0. The van der Waals surface area contributed by atoms with Crippen LogP contribution in [0.25, 0.3) is 0 Å². The van der Waals surface area contributed by atoms with E-state index in [2.05, 4.69) is 45.0 Å². The zero-order chi connectivity index (χ0) is 9.84. The molecule has 0 aromatic heterocycles. The van der Waals surface area contributed by atoms with Crippen LogP contribution in [0.5, 0.6) is 0 Å². The molecule has 0 aliphatic heterocycles. The van der Waals surface area contributed by atoms with E-state index in [-0.39, 0.29) is 5.38 Å². The van der Waals surface area contributed by atoms with Crippen molar-refractivity contribution in [1.29, 1.82) is 0 Å². The van der Waals surface area contributed by atoms with E-state index in [4.69, 9.17) is 11.6 Å². The molecule has 13 heavy (non-hydrogen) atoms. The van der Waals surface area contributed by atoms with Crippen molar-refractivity contribution in [3.8, 4) is 0 Å². The van der Waals surface area contributed by atoms with Gasteiger partial charge >= 0.3 is 0 Å². The summed E-state index contributed by atoms with van der Waals surface area (Å²) < 4.78 is 0. The summed E-state index contributed by atoms with van der Waals surface area (Å²) in [6.45, 7) is 6.49. The minimum absolute atomic E-state index is 0.167. The first-order chi connectivity index (χ1) is 6.09. The van der Waals surface area contributed by atoms with Crippen LogP contribution in [0.3, 0.4) is 0 Å². The van der Waals surface area contributed by atoms with Gasteiger partial charge in [0.25, 0.3) is 0 Å². The molecular weight excluding hydrogens is 180 g/mol. The van der Waals surface area contributed by atoms with Gasteiger partial charge in [0.2, 0.25) is 0 Å². The summed E-state index contributed by atoms with van der Waals surface area (Å²) in [6, 6.07) is 8.47. The number of rotatable bonds is 3. The zero-order valence-corrected chi connectivity index (χ0v) is 9.31. The number of benzene rings is 1. The van der Waals surface area contributed by atoms with Crippen LogP contribution in [0.2, 0.25) is 0 Å². The number of halogens is 1. The minimum atomic E-state index is 0.167. The lowest BCUT2D eigenvalue weighted by atomic mass is 10.0. The summed E-state index contributed by atoms with van der Waals surface area (Å²) in [5, 5.41) is 0.167. The topological polar surface area (TPSA) is 0 Å². The summed E-state index contributed by atoms with van der Waals surface area (Å²) >= 11 is 6.25. The van der Waals surface area contributed by atoms with Crippen molar-refractivity contribution in [2.24, 2.45) is 5.92 Å². The molecule has 0 radical (unpaired) electrons. The Morgan fingerprint density at radius 2 is 1.69 bits per heavy atom. The Hall–Kier alpha value is -0.490. The largest absolute Gasteiger partial charge is 0.118 e. The highest BCUT2D eigenvalue weighted by molar-refractivity contribution is 6.20. The highest BCUT2D eigenvalue weighted by atomic mass is 35.5. The van der Waals surface area contributed by atoms with Gasteiger partial charge in [0.05, 0.1) is 5.38 Å². The Bertz CT molecular complexity index is 248. The predicted octanol–water partition coefficient (Wildman–Crippen LogP) is 4.32. The maximum absolute atomic E-state index is 6.25. The van der Waals surface area contributed by atoms with Gasteiger partial charge in [-0.25, -0.2) is 0 Å². The fraction of sp³-hybridized carbons (Fsp3) is 0.500. The number of hydrogen-bond acceptors (Lipinski definition) is 0. The zero-order valence-electron chi connectivity index (χ0n) is 8.55. The molecule has 0 N–H and O–H groups in total. The summed E-state index contributed by atoms with van der Waals surface area (Å²) in [6.07, 6.45) is 1.05. The maximum Gasteiger partial charge on any atom is 0.0587 e. The smallest absolute Gasteiger partial charge is 0.0587 e. The first kappa shape index (κ1) is 10.6. The molecular formula is C12H17Cl. The van der Waals surface area contributed by atoms with Crippen molar-refractivity contribution < 1.29 is 0 Å². The third-order valence-electron chi connectivity index (χ3n) is 2.12. The Balaban J connectivity index is 2.66. The second kappa shape index (κ2) is 4.66. The lowest BCUT2D eigenvalue weighted by Crippen LogP contribution is -1.96. The van der Waals surface area contributed by atoms with E-state index in [1.54, 1.807) is 0 Å². The Morgan fingerprint density at radius 3 is 2.15 bits per heavy atom. The maximum atomic E-state index is 6.25. The fourth-order valence-electron chi connectivity index (χ4n) is 1.33. The van der Waals surface area contributed by atoms with Crippen LogP contribution in [0.15, 0.2) is 24.3 Å². The van der Waals surface area contributed by atoms with E-state index in [1.807, 2.05) is 0 Å². The molecule has 1 rings (SSSR count). The molecule has 0 spiro atoms. The molecule has 72 valence electrons. The Labute approximate surface area is 85.9 Å². The SMILES string of the molecule is Cc1ccc(C(Cl)CC(C)C)cc1. The van der Waals surface area contributed by atoms with Gasteiger partial charge in [-0.15, -0.1) is 11.6 Å². The standard InChI is InChI=1S/C12H17Cl/c1-9(2)8-12(13)11-6-4-10(3)5-7-11/h4-7,9,12H,8H2,1-3H3. The molecule has 1 heteroatoms. The van der Waals surface area contributed by atoms with Crippen molar-refractivity contribution in [2.75, 3.05) is 0 Å². The number of alkyl halides is 1. The van der Waals surface area contributed by atoms with Crippen molar-refractivity contribution in [2.45, 2.75) is 32.6 Å². The van der Waals surface area contributed by atoms with Gasteiger partial charge in [-0.2, -0.15) is 0 Å². The predicted molar refractivity (Wildman–Crippen MR) is 59.2 cm³/mol. The molecule has 1 aromatic carbocycles. The molecule has 0 bridgehead atoms. The van der Waals surface area contributed by atoms with Crippen LogP contribution in [0.4, 0.5) is 0 Å². The summed E-state index contributed by atoms with van der Waals surface area (Å²) in [7, 11) is 0. The van der Waals surface area contributed by atoms with Gasteiger partial charge < -0.3 is 0 Å². The van der Waals surface area contributed by atoms with E-state index < -0.39 is 0 Å². The van der Waals surface area contributed by atoms with E-state index in [0.717, 1.165) is 6.42 Å². The van der Waals surface area contributed by atoms with Crippen LogP contribution in [0, 0.1) is 12.8 Å². The summed E-state index contributed by atoms with van der Waals surface area (Å²) in [5.74, 6) is 0.656. The third kappa shape index (κ3) is 3.40. The molecule has 0 heterocycles. The average molecular weight is 197 g/mol. The quantitative estimate of drug-likeness (QED) is 0.632. The van der Waals surface area contributed by atoms with E-state index >= 15 is 0 Å². The Morgan fingerprint density at radius 1 is 1.15 bits per heavy atom. The average Bonchev–Trinajstić information content (AvgIpc) is 2.04. The second-order valence-electron chi connectivity index (χ2n) is 4.01. The van der Waals surface area contributed by atoms with Gasteiger partial charge in [0.15, 0.2) is 0 Å². The second-order valence-corrected chi connectivity index (χ2v) is 4.53. The van der Waals surface area contributed by atoms with Crippen LogP contribution in [-0.2, 0) is 0 Å². The van der Waals surface area contributed by atoms with Gasteiger partial charge in [0, 0.05) is 0 Å². The normalized spacial score (nSPS) is 13.3. The van der Waals surface area contributed by atoms with Crippen molar-refractivity contribution in [3.05, 3.63) is 35.4 Å². The first-order valence-corrected chi connectivity index (χ1v) is 5.24. The molecule has 1 aromatic rings. The molecule has 0 saturated heterocycles. The van der Waals surface area contributed by atoms with E-state index in [9.17, 15) is 0 Å². The molecule has 0 nitrogen and oxygen atoms in total. The molecule has 0 saturated carbocycles. The van der Waals surface area contributed by atoms with Crippen molar-refractivity contribution in [1.82, 2.24) is 0 Å². The van der Waals surface area contributed by atoms with Gasteiger partial charge in [0.1, 0.15) is 0 Å². The first-order valence-electron chi connectivity index (χ1n) is 4.80. The van der Waals surface area contributed by atoms with Crippen LogP contribution >= 0.6 is 11.6 Å². The number of hydrogen-bond donors (Lipinski definition) is 0. The third-order valence-corrected chi connectivity index (χ3v) is 2.55. The Kier molecular flexibility index (Phi) is 3.80. The van der Waals surface area contributed by atoms with Crippen molar-refractivity contribution >= 4 is 11.6 Å². The highest BCUT2D eigenvalue weighted by Gasteiger charge is 2.08. The lowest BCUT2D eigenvalue weighted by Gasteiger charge is -2.12. The molecule has 0 aliphatic rings. The van der Waals surface area contributed by atoms with Gasteiger partial charge in [-0.1, -0.05) is 43.7 Å². The number of aryl methyl sites for hydroxylation is 1. The molecule has 1 unspecified atom stereocenters. The van der Waals surface area contributed by atoms with Crippen LogP contribution < -0.4 is 0 Å². The van der Waals surface area contributed by atoms with E-state index in [0.29, 0.717) is 5.92 Å². The summed E-state index contributed by atoms with van der Waals surface area (Å²) in [5.41, 5.74) is 2.53. The lowest BCUT2D eigenvalue weighted by molar-refractivity contribution is 0.575. The van der Waals surface area contributed by atoms with Gasteiger partial charge in [-0.3, -0.25) is 0 Å². The van der Waals surface area contributed by atoms with Gasteiger partial charge in [-0.05, 0) is 24.8 Å². The monoisotopic (exact) mass is 196 g/mol. The molecule has 0 fully saturated rings. The molecule has 0 aliphatic carbocycles. The van der Waals surface area contributed by atoms with Crippen LogP contribution in [0.1, 0.15) is 36.8 Å². The fourth-order valence-corrected chi connectivity index (χ4v) is 1.83. The highest BCUT2D eigenvalue weighted by Crippen LogP contribution is 2.27. The minimum Gasteiger partial charge on any atom is -0.118 e. The molecule has 1 atom stereocenters. The van der Waals surface area contributed by atoms with E-state index in [1.165, 1.54) is 11.1 Å². The molecule has 0 amide bonds. The van der Waals surface area contributed by atoms with Crippen LogP contribution in [-0.4, -0.2) is 0 Å².